The average molecular weight is 575 g/mol. The van der Waals surface area contributed by atoms with E-state index in [2.05, 4.69) is 4.74 Å². The fourth-order valence-electron chi connectivity index (χ4n) is 4.17. The minimum atomic E-state index is -0.445. The van der Waals surface area contributed by atoms with Gasteiger partial charge in [-0.3, -0.25) is 4.79 Å². The van der Waals surface area contributed by atoms with E-state index in [1.165, 1.54) is 13.2 Å². The van der Waals surface area contributed by atoms with E-state index in [9.17, 15) is 14.4 Å². The lowest BCUT2D eigenvalue weighted by Gasteiger charge is -2.17. The van der Waals surface area contributed by atoms with Gasteiger partial charge in [-0.2, -0.15) is 0 Å². The molecule has 0 saturated heterocycles. The van der Waals surface area contributed by atoms with Crippen molar-refractivity contribution >= 4 is 35.4 Å². The summed E-state index contributed by atoms with van der Waals surface area (Å²) in [6, 6.07) is 21.8. The average Bonchev–Trinajstić information content (AvgIpc) is 2.99. The molecule has 0 atom stereocenters. The maximum atomic E-state index is 13.0. The Hall–Kier alpha value is -4.59. The van der Waals surface area contributed by atoms with E-state index in [1.807, 2.05) is 48.5 Å². The molecule has 0 aliphatic heterocycles. The van der Waals surface area contributed by atoms with Crippen LogP contribution in [0.15, 0.2) is 78.9 Å². The Morgan fingerprint density at radius 1 is 0.714 bits per heavy atom. The summed E-state index contributed by atoms with van der Waals surface area (Å²) in [5.41, 5.74) is 16.2. The maximum Gasteiger partial charge on any atom is 0.338 e. The molecule has 8 nitrogen and oxygen atoms in total. The van der Waals surface area contributed by atoms with Gasteiger partial charge in [0.15, 0.2) is 0 Å². The van der Waals surface area contributed by atoms with Gasteiger partial charge < -0.3 is 25.7 Å². The lowest BCUT2D eigenvalue weighted by molar-refractivity contribution is -0.148. The number of rotatable bonds is 15. The molecule has 3 rings (SSSR count). The van der Waals surface area contributed by atoms with Gasteiger partial charge in [0, 0.05) is 17.5 Å². The molecule has 224 valence electrons. The van der Waals surface area contributed by atoms with Crippen molar-refractivity contribution in [2.24, 2.45) is 5.92 Å². The Morgan fingerprint density at radius 2 is 1.21 bits per heavy atom. The Bertz CT molecular complexity index is 1240. The minimum Gasteiger partial charge on any atom is -0.466 e. The van der Waals surface area contributed by atoms with Crippen LogP contribution in [0.25, 0.3) is 6.08 Å². The van der Waals surface area contributed by atoms with Gasteiger partial charge in [0.05, 0.1) is 31.8 Å². The Kier molecular flexibility index (Phi) is 14.4. The number of hydrogen-bond acceptors (Lipinski definition) is 8. The van der Waals surface area contributed by atoms with Crippen LogP contribution in [0.2, 0.25) is 0 Å². The summed E-state index contributed by atoms with van der Waals surface area (Å²) in [6.45, 7) is 0.656. The fraction of sp³-hybridized carbons (Fsp3) is 0.324. The molecule has 4 N–H and O–H groups in total. The zero-order valence-electron chi connectivity index (χ0n) is 23.4. The maximum absolute atomic E-state index is 13.0. The number of unbranched alkanes of at least 4 members (excludes halogenated alkanes) is 3. The lowest BCUT2D eigenvalue weighted by atomic mass is 9.92. The topological polar surface area (TPSA) is 131 Å². The standard InChI is InChI=1S/C33H38N2O6.CH4/c1-39-31(36)19-12-24-6-13-27(14-7-24)32(37)40-20-4-2-3-5-21-41-33(38)28(22-25-8-15-29(34)16-9-25)23-26-10-17-30(35)18-11-26;/h6-19,28H,2-5,20-23,34-35H2,1H3;1H4/b19-12+;. The Morgan fingerprint density at radius 3 is 1.71 bits per heavy atom. The molecule has 3 aromatic carbocycles. The number of benzene rings is 3. The highest BCUT2D eigenvalue weighted by atomic mass is 16.5. The number of anilines is 2. The number of carbonyl (C=O) groups is 3. The normalized spacial score (nSPS) is 10.7. The van der Waals surface area contributed by atoms with Crippen molar-refractivity contribution in [3.63, 3.8) is 0 Å². The van der Waals surface area contributed by atoms with Gasteiger partial charge in [-0.15, -0.1) is 0 Å². The van der Waals surface area contributed by atoms with Crippen LogP contribution in [0.1, 0.15) is 60.2 Å². The van der Waals surface area contributed by atoms with Gasteiger partial charge in [0.1, 0.15) is 0 Å². The van der Waals surface area contributed by atoms with Gasteiger partial charge in [-0.05, 0) is 97.7 Å². The quantitative estimate of drug-likeness (QED) is 0.0739. The molecular formula is C34H42N2O6. The van der Waals surface area contributed by atoms with Crippen LogP contribution in [0.5, 0.6) is 0 Å². The largest absolute Gasteiger partial charge is 0.466 e. The minimum absolute atomic E-state index is 0. The first-order chi connectivity index (χ1) is 19.8. The highest BCUT2D eigenvalue weighted by Crippen LogP contribution is 2.19. The molecule has 0 heterocycles. The SMILES string of the molecule is C.COC(=O)/C=C/c1ccc(C(=O)OCCCCCCOC(=O)C(Cc2ccc(N)cc2)Cc2ccc(N)cc2)cc1. The second kappa shape index (κ2) is 18.0. The lowest BCUT2D eigenvalue weighted by Crippen LogP contribution is -2.23. The third kappa shape index (κ3) is 11.9. The number of hydrogen-bond donors (Lipinski definition) is 2. The number of nitrogen functional groups attached to an aromatic ring is 2. The first kappa shape index (κ1) is 33.6. The highest BCUT2D eigenvalue weighted by Gasteiger charge is 2.21. The number of nitrogens with two attached hydrogens (primary N) is 2. The monoisotopic (exact) mass is 574 g/mol. The molecule has 0 unspecified atom stereocenters. The number of carbonyl (C=O) groups excluding carboxylic acids is 3. The van der Waals surface area contributed by atoms with E-state index in [0.29, 0.717) is 43.0 Å². The summed E-state index contributed by atoms with van der Waals surface area (Å²) in [7, 11) is 1.31. The fourth-order valence-corrected chi connectivity index (χ4v) is 4.17. The summed E-state index contributed by atoms with van der Waals surface area (Å²) in [4.78, 5) is 36.4. The van der Waals surface area contributed by atoms with E-state index < -0.39 is 11.9 Å². The molecule has 0 aromatic heterocycles. The summed E-state index contributed by atoms with van der Waals surface area (Å²) < 4.78 is 15.6. The molecule has 0 radical (unpaired) electrons. The Labute approximate surface area is 248 Å². The van der Waals surface area contributed by atoms with E-state index in [-0.39, 0.29) is 19.3 Å². The zero-order valence-corrected chi connectivity index (χ0v) is 23.4. The van der Waals surface area contributed by atoms with Crippen LogP contribution in [-0.4, -0.2) is 38.2 Å². The van der Waals surface area contributed by atoms with Crippen molar-refractivity contribution in [3.8, 4) is 0 Å². The van der Waals surface area contributed by atoms with Gasteiger partial charge in [-0.25, -0.2) is 9.59 Å². The smallest absolute Gasteiger partial charge is 0.338 e. The van der Waals surface area contributed by atoms with Gasteiger partial charge >= 0.3 is 17.9 Å². The predicted octanol–water partition coefficient (Wildman–Crippen LogP) is 6.04. The second-order valence-electron chi connectivity index (χ2n) is 9.78. The first-order valence-corrected chi connectivity index (χ1v) is 13.7. The third-order valence-electron chi connectivity index (χ3n) is 6.53. The van der Waals surface area contributed by atoms with Gasteiger partial charge in [0.2, 0.25) is 0 Å². The molecule has 42 heavy (non-hydrogen) atoms. The number of methoxy groups -OCH3 is 1. The summed E-state index contributed by atoms with van der Waals surface area (Å²) in [6.07, 6.45) is 7.19. The van der Waals surface area contributed by atoms with Crippen molar-refractivity contribution in [1.82, 2.24) is 0 Å². The summed E-state index contributed by atoms with van der Waals surface area (Å²) in [5, 5.41) is 0. The van der Waals surface area contributed by atoms with Crippen molar-refractivity contribution in [3.05, 3.63) is 101 Å². The van der Waals surface area contributed by atoms with Crippen LogP contribution < -0.4 is 11.5 Å². The highest BCUT2D eigenvalue weighted by molar-refractivity contribution is 5.90. The molecule has 0 saturated carbocycles. The number of esters is 3. The zero-order chi connectivity index (χ0) is 29.5. The van der Waals surface area contributed by atoms with Gasteiger partial charge in [0.25, 0.3) is 0 Å². The Balaban J connectivity index is 0.00000616. The van der Waals surface area contributed by atoms with Crippen LogP contribution in [0.4, 0.5) is 11.4 Å². The van der Waals surface area contributed by atoms with Crippen LogP contribution in [-0.2, 0) is 36.6 Å². The molecule has 0 aliphatic carbocycles. The molecule has 0 bridgehead atoms. The first-order valence-electron chi connectivity index (χ1n) is 13.7. The summed E-state index contributed by atoms with van der Waals surface area (Å²) >= 11 is 0. The van der Waals surface area contributed by atoms with Crippen LogP contribution in [0.3, 0.4) is 0 Å². The van der Waals surface area contributed by atoms with E-state index in [0.717, 1.165) is 42.4 Å². The number of ether oxygens (including phenoxy) is 3. The second-order valence-corrected chi connectivity index (χ2v) is 9.78. The van der Waals surface area contributed by atoms with Crippen molar-refractivity contribution < 1.29 is 28.6 Å². The molecule has 0 spiro atoms. The molecule has 0 fully saturated rings. The molecule has 0 aliphatic rings. The van der Waals surface area contributed by atoms with Crippen molar-refractivity contribution in [1.29, 1.82) is 0 Å². The van der Waals surface area contributed by atoms with Crippen molar-refractivity contribution in [2.75, 3.05) is 31.8 Å². The van der Waals surface area contributed by atoms with Gasteiger partial charge in [-0.1, -0.05) is 43.8 Å². The van der Waals surface area contributed by atoms with Crippen LogP contribution >= 0.6 is 0 Å². The van der Waals surface area contributed by atoms with Crippen molar-refractivity contribution in [2.45, 2.75) is 46.0 Å². The van der Waals surface area contributed by atoms with E-state index in [4.69, 9.17) is 20.9 Å². The van der Waals surface area contributed by atoms with E-state index in [1.54, 1.807) is 30.3 Å². The van der Waals surface area contributed by atoms with E-state index >= 15 is 0 Å². The molecule has 3 aromatic rings. The predicted molar refractivity (Wildman–Crippen MR) is 167 cm³/mol. The molecule has 8 heteroatoms. The molecule has 0 amide bonds. The van der Waals surface area contributed by atoms with Crippen LogP contribution in [0, 0.1) is 5.92 Å². The summed E-state index contributed by atoms with van der Waals surface area (Å²) in [5.74, 6) is -1.38. The molecular weight excluding hydrogens is 532 g/mol. The third-order valence-corrected chi connectivity index (χ3v) is 6.53.